The standard InChI is InChI=1S/C17H23N3O2/c1-12(2)8-14-10-16(20-19-14)17(22)18-15(11-21)9-13-6-4-3-5-7-13/h3-7,10,12,15,21H,8-9,11H2,1-2H3,(H,18,22)(H,19,20)/t15-/m0/s1. The van der Waals surface area contributed by atoms with Gasteiger partial charge in [0, 0.05) is 5.69 Å². The number of nitrogens with one attached hydrogen (secondary N) is 2. The summed E-state index contributed by atoms with van der Waals surface area (Å²) in [6.45, 7) is 4.12. The Balaban J connectivity index is 1.95. The van der Waals surface area contributed by atoms with E-state index < -0.39 is 0 Å². The summed E-state index contributed by atoms with van der Waals surface area (Å²) in [5.41, 5.74) is 2.38. The van der Waals surface area contributed by atoms with Crippen LogP contribution in [0.15, 0.2) is 36.4 Å². The molecule has 22 heavy (non-hydrogen) atoms. The average molecular weight is 301 g/mol. The number of aromatic nitrogens is 2. The summed E-state index contributed by atoms with van der Waals surface area (Å²) >= 11 is 0. The van der Waals surface area contributed by atoms with Crippen LogP contribution >= 0.6 is 0 Å². The molecule has 0 saturated heterocycles. The van der Waals surface area contributed by atoms with Crippen LogP contribution in [-0.2, 0) is 12.8 Å². The van der Waals surface area contributed by atoms with E-state index in [4.69, 9.17) is 0 Å². The lowest BCUT2D eigenvalue weighted by molar-refractivity contribution is 0.0911. The summed E-state index contributed by atoms with van der Waals surface area (Å²) in [4.78, 5) is 12.2. The van der Waals surface area contributed by atoms with Gasteiger partial charge in [-0.05, 0) is 30.4 Å². The number of carbonyl (C=O) groups is 1. The van der Waals surface area contributed by atoms with Crippen molar-refractivity contribution < 1.29 is 9.90 Å². The Morgan fingerprint density at radius 2 is 2.00 bits per heavy atom. The van der Waals surface area contributed by atoms with Crippen molar-refractivity contribution in [3.8, 4) is 0 Å². The fraction of sp³-hybridized carbons (Fsp3) is 0.412. The van der Waals surface area contributed by atoms with Crippen LogP contribution in [0.25, 0.3) is 0 Å². The highest BCUT2D eigenvalue weighted by molar-refractivity contribution is 5.92. The number of benzene rings is 1. The number of hydrogen-bond donors (Lipinski definition) is 3. The zero-order chi connectivity index (χ0) is 15.9. The highest BCUT2D eigenvalue weighted by atomic mass is 16.3. The number of aromatic amines is 1. The molecule has 118 valence electrons. The van der Waals surface area contributed by atoms with Gasteiger partial charge in [-0.15, -0.1) is 0 Å². The Kier molecular flexibility index (Phi) is 5.72. The van der Waals surface area contributed by atoms with Gasteiger partial charge >= 0.3 is 0 Å². The molecule has 2 rings (SSSR count). The normalized spacial score (nSPS) is 12.4. The minimum absolute atomic E-state index is 0.107. The van der Waals surface area contributed by atoms with E-state index in [0.717, 1.165) is 17.7 Å². The molecule has 0 aliphatic heterocycles. The van der Waals surface area contributed by atoms with Crippen LogP contribution in [0.3, 0.4) is 0 Å². The number of aliphatic hydroxyl groups excluding tert-OH is 1. The van der Waals surface area contributed by atoms with E-state index in [1.165, 1.54) is 0 Å². The third kappa shape index (κ3) is 4.70. The number of rotatable bonds is 7. The first-order chi connectivity index (χ1) is 10.6. The van der Waals surface area contributed by atoms with Gasteiger partial charge in [0.15, 0.2) is 0 Å². The number of nitrogens with zero attached hydrogens (tertiary/aromatic N) is 1. The van der Waals surface area contributed by atoms with Crippen LogP contribution in [0.5, 0.6) is 0 Å². The van der Waals surface area contributed by atoms with Gasteiger partial charge in [0.1, 0.15) is 5.69 Å². The van der Waals surface area contributed by atoms with Crippen molar-refractivity contribution in [2.45, 2.75) is 32.7 Å². The predicted molar refractivity (Wildman–Crippen MR) is 85.6 cm³/mol. The Morgan fingerprint density at radius 3 is 2.64 bits per heavy atom. The van der Waals surface area contributed by atoms with Gasteiger partial charge in [-0.2, -0.15) is 5.10 Å². The highest BCUT2D eigenvalue weighted by Gasteiger charge is 2.16. The smallest absolute Gasteiger partial charge is 0.272 e. The molecule has 1 aromatic carbocycles. The molecule has 5 heteroatoms. The van der Waals surface area contributed by atoms with E-state index in [2.05, 4.69) is 29.4 Å². The van der Waals surface area contributed by atoms with Crippen LogP contribution in [0.4, 0.5) is 0 Å². The van der Waals surface area contributed by atoms with Gasteiger partial charge in [-0.3, -0.25) is 9.89 Å². The number of amides is 1. The van der Waals surface area contributed by atoms with E-state index in [-0.39, 0.29) is 18.6 Å². The van der Waals surface area contributed by atoms with Crippen molar-refractivity contribution in [1.82, 2.24) is 15.5 Å². The van der Waals surface area contributed by atoms with Crippen molar-refractivity contribution >= 4 is 5.91 Å². The molecule has 1 amide bonds. The molecule has 0 aliphatic carbocycles. The lowest BCUT2D eigenvalue weighted by atomic mass is 10.1. The lowest BCUT2D eigenvalue weighted by Crippen LogP contribution is -2.39. The van der Waals surface area contributed by atoms with E-state index in [9.17, 15) is 9.90 Å². The van der Waals surface area contributed by atoms with Crippen LogP contribution in [0, 0.1) is 5.92 Å². The topological polar surface area (TPSA) is 78.0 Å². The maximum absolute atomic E-state index is 12.2. The molecule has 0 saturated carbocycles. The summed E-state index contributed by atoms with van der Waals surface area (Å²) < 4.78 is 0. The Bertz CT molecular complexity index is 593. The maximum atomic E-state index is 12.2. The van der Waals surface area contributed by atoms with Gasteiger partial charge in [-0.25, -0.2) is 0 Å². The second-order valence-electron chi connectivity index (χ2n) is 5.92. The van der Waals surface area contributed by atoms with E-state index in [0.29, 0.717) is 18.0 Å². The van der Waals surface area contributed by atoms with Crippen LogP contribution < -0.4 is 5.32 Å². The summed E-state index contributed by atoms with van der Waals surface area (Å²) in [5, 5.41) is 19.2. The molecule has 1 heterocycles. The first-order valence-electron chi connectivity index (χ1n) is 7.58. The first-order valence-corrected chi connectivity index (χ1v) is 7.58. The van der Waals surface area contributed by atoms with Crippen molar-refractivity contribution in [2.24, 2.45) is 5.92 Å². The highest BCUT2D eigenvalue weighted by Crippen LogP contribution is 2.08. The minimum atomic E-state index is -0.319. The molecule has 1 atom stereocenters. The van der Waals surface area contributed by atoms with Crippen LogP contribution in [0.1, 0.15) is 35.6 Å². The van der Waals surface area contributed by atoms with E-state index in [1.807, 2.05) is 30.3 Å². The Morgan fingerprint density at radius 1 is 1.27 bits per heavy atom. The largest absolute Gasteiger partial charge is 0.394 e. The molecule has 0 unspecified atom stereocenters. The molecule has 3 N–H and O–H groups in total. The van der Waals surface area contributed by atoms with Gasteiger partial charge in [0.2, 0.25) is 0 Å². The number of hydrogen-bond acceptors (Lipinski definition) is 3. The summed E-state index contributed by atoms with van der Waals surface area (Å²) in [6, 6.07) is 11.2. The second kappa shape index (κ2) is 7.75. The van der Waals surface area contributed by atoms with Gasteiger partial charge in [0.25, 0.3) is 5.91 Å². The Labute approximate surface area is 130 Å². The molecule has 0 fully saturated rings. The summed E-state index contributed by atoms with van der Waals surface area (Å²) in [6.07, 6.45) is 1.44. The second-order valence-corrected chi connectivity index (χ2v) is 5.92. The van der Waals surface area contributed by atoms with Crippen LogP contribution in [0.2, 0.25) is 0 Å². The fourth-order valence-electron chi connectivity index (χ4n) is 2.34. The van der Waals surface area contributed by atoms with Crippen molar-refractivity contribution in [1.29, 1.82) is 0 Å². The molecule has 0 spiro atoms. The molecule has 0 radical (unpaired) electrons. The number of H-pyrrole nitrogens is 1. The van der Waals surface area contributed by atoms with Gasteiger partial charge in [-0.1, -0.05) is 44.2 Å². The van der Waals surface area contributed by atoms with E-state index >= 15 is 0 Å². The SMILES string of the molecule is CC(C)Cc1cc(C(=O)N[C@H](CO)Cc2ccccc2)n[nH]1. The predicted octanol–water partition coefficient (Wildman–Crippen LogP) is 1.94. The lowest BCUT2D eigenvalue weighted by Gasteiger charge is -2.15. The molecule has 2 aromatic rings. The first kappa shape index (κ1) is 16.2. The Hall–Kier alpha value is -2.14. The van der Waals surface area contributed by atoms with Gasteiger partial charge in [0.05, 0.1) is 12.6 Å². The zero-order valence-electron chi connectivity index (χ0n) is 13.0. The zero-order valence-corrected chi connectivity index (χ0v) is 13.0. The van der Waals surface area contributed by atoms with Crippen molar-refractivity contribution in [3.05, 3.63) is 53.3 Å². The molecule has 0 aliphatic rings. The molecular formula is C17H23N3O2. The number of carbonyl (C=O) groups excluding carboxylic acids is 1. The molecule has 1 aromatic heterocycles. The molecular weight excluding hydrogens is 278 g/mol. The minimum Gasteiger partial charge on any atom is -0.394 e. The summed E-state index contributed by atoms with van der Waals surface area (Å²) in [5.74, 6) is 0.237. The monoisotopic (exact) mass is 301 g/mol. The van der Waals surface area contributed by atoms with Crippen LogP contribution in [-0.4, -0.2) is 33.9 Å². The third-order valence-electron chi connectivity index (χ3n) is 3.37. The average Bonchev–Trinajstić information content (AvgIpc) is 2.95. The fourth-order valence-corrected chi connectivity index (χ4v) is 2.34. The third-order valence-corrected chi connectivity index (χ3v) is 3.37. The quantitative estimate of drug-likeness (QED) is 0.731. The summed E-state index contributed by atoms with van der Waals surface area (Å²) in [7, 11) is 0. The van der Waals surface area contributed by atoms with Crippen molar-refractivity contribution in [2.75, 3.05) is 6.61 Å². The number of aliphatic hydroxyl groups is 1. The maximum Gasteiger partial charge on any atom is 0.272 e. The molecule has 5 nitrogen and oxygen atoms in total. The van der Waals surface area contributed by atoms with Gasteiger partial charge < -0.3 is 10.4 Å². The molecule has 0 bridgehead atoms. The van der Waals surface area contributed by atoms with Crippen molar-refractivity contribution in [3.63, 3.8) is 0 Å². The van der Waals surface area contributed by atoms with E-state index in [1.54, 1.807) is 6.07 Å².